The van der Waals surface area contributed by atoms with Gasteiger partial charge in [0.25, 0.3) is 11.8 Å². The van der Waals surface area contributed by atoms with Crippen LogP contribution >= 0.6 is 0 Å². The van der Waals surface area contributed by atoms with Crippen LogP contribution in [0.4, 0.5) is 11.4 Å². The smallest absolute Gasteiger partial charge is 0.251 e. The number of rotatable bonds is 8. The van der Waals surface area contributed by atoms with Crippen LogP contribution in [0.5, 0.6) is 0 Å². The van der Waals surface area contributed by atoms with E-state index in [0.717, 1.165) is 24.2 Å². The first kappa shape index (κ1) is 20.7. The Morgan fingerprint density at radius 3 is 1.90 bits per heavy atom. The Kier molecular flexibility index (Phi) is 6.42. The van der Waals surface area contributed by atoms with Crippen molar-refractivity contribution < 1.29 is 9.59 Å². The van der Waals surface area contributed by atoms with Crippen LogP contribution in [0, 0.1) is 5.92 Å². The van der Waals surface area contributed by atoms with E-state index in [0.29, 0.717) is 23.6 Å². The molecule has 1 saturated carbocycles. The van der Waals surface area contributed by atoms with Gasteiger partial charge in [-0.2, -0.15) is 0 Å². The normalized spacial score (nSPS) is 14.1. The third kappa shape index (κ3) is 5.50. The highest BCUT2D eigenvalue weighted by Crippen LogP contribution is 2.32. The average Bonchev–Trinajstić information content (AvgIpc) is 3.56. The molecule has 0 heterocycles. The van der Waals surface area contributed by atoms with E-state index in [1.807, 2.05) is 80.5 Å². The summed E-state index contributed by atoms with van der Waals surface area (Å²) in [6.07, 6.45) is 2.16. The zero-order chi connectivity index (χ0) is 21.0. The summed E-state index contributed by atoms with van der Waals surface area (Å²) in [5.41, 5.74) is 3.21. The fraction of sp³-hybridized carbons (Fsp3) is 0.391. The fourth-order valence-electron chi connectivity index (χ4n) is 3.24. The molecule has 0 saturated heterocycles. The number of hydrogen-bond donors (Lipinski definition) is 2. The maximum atomic E-state index is 12.7. The van der Waals surface area contributed by atoms with E-state index in [1.165, 1.54) is 0 Å². The summed E-state index contributed by atoms with van der Waals surface area (Å²) in [5.74, 6) is 0.196. The number of nitrogens with one attached hydrogen (secondary N) is 2. The molecule has 0 aromatic heterocycles. The van der Waals surface area contributed by atoms with Crippen molar-refractivity contribution in [3.63, 3.8) is 0 Å². The van der Waals surface area contributed by atoms with E-state index < -0.39 is 0 Å². The summed E-state index contributed by atoms with van der Waals surface area (Å²) in [5, 5.41) is 6.11. The molecule has 29 heavy (non-hydrogen) atoms. The highest BCUT2D eigenvalue weighted by Gasteiger charge is 2.32. The van der Waals surface area contributed by atoms with Gasteiger partial charge >= 0.3 is 0 Å². The lowest BCUT2D eigenvalue weighted by atomic mass is 10.1. The van der Waals surface area contributed by atoms with Gasteiger partial charge in [0.2, 0.25) is 0 Å². The molecule has 1 unspecified atom stereocenters. The van der Waals surface area contributed by atoms with Crippen LogP contribution in [0.15, 0.2) is 48.5 Å². The van der Waals surface area contributed by atoms with Gasteiger partial charge in [0.1, 0.15) is 0 Å². The zero-order valence-electron chi connectivity index (χ0n) is 17.6. The van der Waals surface area contributed by atoms with Crippen LogP contribution in [-0.2, 0) is 0 Å². The van der Waals surface area contributed by atoms with Crippen LogP contribution in [0.25, 0.3) is 0 Å². The van der Waals surface area contributed by atoms with Crippen molar-refractivity contribution in [2.75, 3.05) is 44.5 Å². The number of benzene rings is 2. The number of carbonyl (C=O) groups excluding carboxylic acids is 2. The number of hydrogen-bond acceptors (Lipinski definition) is 4. The molecular weight excluding hydrogens is 364 g/mol. The Hall–Kier alpha value is -3.02. The van der Waals surface area contributed by atoms with Crippen molar-refractivity contribution in [1.29, 1.82) is 0 Å². The molecule has 2 aromatic rings. The second-order valence-electron chi connectivity index (χ2n) is 8.02. The molecule has 1 atom stereocenters. The van der Waals surface area contributed by atoms with Crippen molar-refractivity contribution in [3.8, 4) is 0 Å². The first-order valence-electron chi connectivity index (χ1n) is 9.99. The highest BCUT2D eigenvalue weighted by atomic mass is 16.2. The van der Waals surface area contributed by atoms with Gasteiger partial charge in [-0.15, -0.1) is 0 Å². The van der Waals surface area contributed by atoms with Crippen molar-refractivity contribution >= 4 is 23.2 Å². The molecule has 0 aliphatic heterocycles. The number of carbonyl (C=O) groups is 2. The van der Waals surface area contributed by atoms with Gasteiger partial charge in [-0.25, -0.2) is 0 Å². The van der Waals surface area contributed by atoms with Crippen LogP contribution in [0.2, 0.25) is 0 Å². The summed E-state index contributed by atoms with van der Waals surface area (Å²) in [6.45, 7) is 0.425. The fourth-order valence-corrected chi connectivity index (χ4v) is 3.24. The van der Waals surface area contributed by atoms with Crippen LogP contribution in [-0.4, -0.2) is 52.6 Å². The summed E-state index contributed by atoms with van der Waals surface area (Å²) in [7, 11) is 7.79. The number of anilines is 2. The van der Waals surface area contributed by atoms with Gasteiger partial charge in [0, 0.05) is 63.3 Å². The van der Waals surface area contributed by atoms with E-state index in [4.69, 9.17) is 0 Å². The monoisotopic (exact) mass is 394 g/mol. The van der Waals surface area contributed by atoms with Gasteiger partial charge in [0.15, 0.2) is 0 Å². The van der Waals surface area contributed by atoms with Crippen molar-refractivity contribution in [1.82, 2.24) is 10.6 Å². The third-order valence-electron chi connectivity index (χ3n) is 5.24. The first-order valence-corrected chi connectivity index (χ1v) is 9.99. The molecule has 1 fully saturated rings. The largest absolute Gasteiger partial charge is 0.378 e. The molecule has 1 aliphatic rings. The molecule has 154 valence electrons. The molecule has 2 amide bonds. The quantitative estimate of drug-likeness (QED) is 0.723. The zero-order valence-corrected chi connectivity index (χ0v) is 17.6. The lowest BCUT2D eigenvalue weighted by Crippen LogP contribution is -2.45. The van der Waals surface area contributed by atoms with E-state index in [1.54, 1.807) is 6.07 Å². The van der Waals surface area contributed by atoms with Gasteiger partial charge in [0.05, 0.1) is 0 Å². The van der Waals surface area contributed by atoms with Crippen molar-refractivity contribution in [2.45, 2.75) is 18.9 Å². The molecule has 3 rings (SSSR count). The number of nitrogens with zero attached hydrogens (tertiary/aromatic N) is 2. The summed E-state index contributed by atoms with van der Waals surface area (Å²) >= 11 is 0. The van der Waals surface area contributed by atoms with Crippen LogP contribution < -0.4 is 20.4 Å². The van der Waals surface area contributed by atoms with Gasteiger partial charge < -0.3 is 20.4 Å². The molecule has 6 heteroatoms. The lowest BCUT2D eigenvalue weighted by Gasteiger charge is -2.20. The third-order valence-corrected chi connectivity index (χ3v) is 5.24. The van der Waals surface area contributed by atoms with Gasteiger partial charge in [-0.3, -0.25) is 9.59 Å². The van der Waals surface area contributed by atoms with Gasteiger partial charge in [-0.1, -0.05) is 12.1 Å². The predicted molar refractivity (Wildman–Crippen MR) is 118 cm³/mol. The van der Waals surface area contributed by atoms with E-state index >= 15 is 0 Å². The topological polar surface area (TPSA) is 64.7 Å². The molecule has 2 aromatic carbocycles. The van der Waals surface area contributed by atoms with Gasteiger partial charge in [-0.05, 0) is 55.2 Å². The second kappa shape index (κ2) is 8.99. The second-order valence-corrected chi connectivity index (χ2v) is 8.02. The minimum atomic E-state index is -0.122. The molecule has 6 nitrogen and oxygen atoms in total. The lowest BCUT2D eigenvalue weighted by molar-refractivity contribution is 0.0903. The highest BCUT2D eigenvalue weighted by molar-refractivity contribution is 5.96. The molecule has 2 N–H and O–H groups in total. The molecule has 1 aliphatic carbocycles. The summed E-state index contributed by atoms with van der Waals surface area (Å²) in [6, 6.07) is 15.0. The number of amides is 2. The van der Waals surface area contributed by atoms with Crippen LogP contribution in [0.1, 0.15) is 33.6 Å². The standard InChI is InChI=1S/C23H30N4O2/c1-26(2)19-9-5-7-17(13-19)22(28)24-15-21(16-11-12-16)25-23(29)18-8-6-10-20(14-18)27(3)4/h5-10,13-14,16,21H,11-12,15H2,1-4H3,(H,24,28)(H,25,29). The summed E-state index contributed by atoms with van der Waals surface area (Å²) < 4.78 is 0. The first-order chi connectivity index (χ1) is 13.8. The Morgan fingerprint density at radius 1 is 0.897 bits per heavy atom. The van der Waals surface area contributed by atoms with E-state index in [-0.39, 0.29) is 17.9 Å². The Balaban J connectivity index is 1.62. The van der Waals surface area contributed by atoms with Crippen molar-refractivity contribution in [3.05, 3.63) is 59.7 Å². The molecule has 0 bridgehead atoms. The van der Waals surface area contributed by atoms with E-state index in [2.05, 4.69) is 10.6 Å². The minimum absolute atomic E-state index is 0.0634. The SMILES string of the molecule is CN(C)c1cccc(C(=O)NCC(NC(=O)c2cccc(N(C)C)c2)C2CC2)c1. The molecule has 0 radical (unpaired) electrons. The molecule has 0 spiro atoms. The average molecular weight is 395 g/mol. The predicted octanol–water partition coefficient (Wildman–Crippen LogP) is 2.76. The maximum Gasteiger partial charge on any atom is 0.251 e. The maximum absolute atomic E-state index is 12.7. The van der Waals surface area contributed by atoms with Crippen molar-refractivity contribution in [2.24, 2.45) is 5.92 Å². The van der Waals surface area contributed by atoms with E-state index in [9.17, 15) is 9.59 Å². The van der Waals surface area contributed by atoms with Crippen LogP contribution in [0.3, 0.4) is 0 Å². The summed E-state index contributed by atoms with van der Waals surface area (Å²) in [4.78, 5) is 29.3. The Labute approximate surface area is 172 Å². The Bertz CT molecular complexity index is 875. The minimum Gasteiger partial charge on any atom is -0.378 e. The molecular formula is C23H30N4O2. The Morgan fingerprint density at radius 2 is 1.41 bits per heavy atom.